The lowest BCUT2D eigenvalue weighted by Gasteiger charge is -2.34. The van der Waals surface area contributed by atoms with E-state index in [0.29, 0.717) is 27.8 Å². The van der Waals surface area contributed by atoms with Gasteiger partial charge in [-0.1, -0.05) is 78.7 Å². The average molecular weight is 683 g/mol. The summed E-state index contributed by atoms with van der Waals surface area (Å²) >= 11 is 12.7. The maximum Gasteiger partial charge on any atom is 0.264 e. The summed E-state index contributed by atoms with van der Waals surface area (Å²) in [6.45, 7) is 3.22. The molecule has 4 aromatic carbocycles. The molecule has 2 amide bonds. The maximum absolute atomic E-state index is 14.5. The predicted octanol–water partition coefficient (Wildman–Crippen LogP) is 6.75. The molecule has 0 saturated heterocycles. The third kappa shape index (κ3) is 8.81. The van der Waals surface area contributed by atoms with E-state index in [4.69, 9.17) is 27.9 Å². The van der Waals surface area contributed by atoms with Crippen LogP contribution in [0.25, 0.3) is 0 Å². The van der Waals surface area contributed by atoms with Gasteiger partial charge in [-0.2, -0.15) is 0 Å². The number of hydrogen-bond donors (Lipinski definition) is 1. The normalized spacial score (nSPS) is 12.5. The van der Waals surface area contributed by atoms with Crippen molar-refractivity contribution in [2.45, 2.75) is 50.2 Å². The number of anilines is 1. The minimum absolute atomic E-state index is 0.0268. The van der Waals surface area contributed by atoms with E-state index in [1.54, 1.807) is 36.4 Å². The fraction of sp³-hybridized carbons (Fsp3) is 0.257. The Morgan fingerprint density at radius 2 is 1.50 bits per heavy atom. The number of ether oxygens (including phenoxy) is 1. The summed E-state index contributed by atoms with van der Waals surface area (Å²) in [7, 11) is -2.78. The van der Waals surface area contributed by atoms with Crippen LogP contribution in [-0.2, 0) is 32.6 Å². The molecule has 46 heavy (non-hydrogen) atoms. The molecule has 4 aromatic rings. The number of nitrogens with one attached hydrogen (secondary N) is 1. The Labute approximate surface area is 280 Å². The first kappa shape index (κ1) is 34.8. The summed E-state index contributed by atoms with van der Waals surface area (Å²) < 4.78 is 34.5. The van der Waals surface area contributed by atoms with Gasteiger partial charge in [0.1, 0.15) is 18.3 Å². The standard InChI is InChI=1S/C35H37Cl2N3O5S/c1-4-25(2)38-35(42)33(22-26-10-6-5-7-11-26)39(23-27-12-8-9-13-32(27)37)34(41)24-40(29-16-14-28(36)15-17-29)46(43,44)31-20-18-30(45-3)19-21-31/h5-21,25,33H,4,22-24H2,1-3H3,(H,38,42)/t25-,33+/m1/s1. The van der Waals surface area contributed by atoms with Crippen LogP contribution in [0, 0.1) is 0 Å². The molecule has 0 aromatic heterocycles. The molecule has 0 heterocycles. The van der Waals surface area contributed by atoms with Crippen molar-refractivity contribution in [2.24, 2.45) is 0 Å². The van der Waals surface area contributed by atoms with Crippen LogP contribution in [0.5, 0.6) is 5.75 Å². The molecule has 2 atom stereocenters. The number of benzene rings is 4. The van der Waals surface area contributed by atoms with Gasteiger partial charge in [0.2, 0.25) is 11.8 Å². The van der Waals surface area contributed by atoms with Gasteiger partial charge >= 0.3 is 0 Å². The molecular formula is C35H37Cl2N3O5S. The number of hydrogen-bond acceptors (Lipinski definition) is 5. The van der Waals surface area contributed by atoms with Crippen molar-refractivity contribution in [1.29, 1.82) is 0 Å². The number of amides is 2. The van der Waals surface area contributed by atoms with E-state index in [9.17, 15) is 18.0 Å². The van der Waals surface area contributed by atoms with E-state index >= 15 is 0 Å². The minimum atomic E-state index is -4.27. The number of halogens is 2. The fourth-order valence-electron chi connectivity index (χ4n) is 4.82. The van der Waals surface area contributed by atoms with Gasteiger partial charge in [0.25, 0.3) is 10.0 Å². The van der Waals surface area contributed by atoms with Crippen LogP contribution in [0.4, 0.5) is 5.69 Å². The number of methoxy groups -OCH3 is 1. The van der Waals surface area contributed by atoms with E-state index in [1.165, 1.54) is 48.4 Å². The Bertz CT molecular complexity index is 1720. The Morgan fingerprint density at radius 1 is 0.870 bits per heavy atom. The first-order valence-electron chi connectivity index (χ1n) is 14.8. The molecule has 0 aliphatic rings. The molecule has 0 radical (unpaired) electrons. The Balaban J connectivity index is 1.81. The molecular weight excluding hydrogens is 645 g/mol. The summed E-state index contributed by atoms with van der Waals surface area (Å²) in [6, 6.07) is 27.4. The molecule has 0 saturated carbocycles. The molecule has 242 valence electrons. The number of nitrogens with zero attached hydrogens (tertiary/aromatic N) is 2. The van der Waals surface area contributed by atoms with Gasteiger partial charge in [-0.05, 0) is 79.1 Å². The SMILES string of the molecule is CC[C@@H](C)NC(=O)[C@H](Cc1ccccc1)N(Cc1ccccc1Cl)C(=O)CN(c1ccc(Cl)cc1)S(=O)(=O)c1ccc(OC)cc1. The Morgan fingerprint density at radius 3 is 2.11 bits per heavy atom. The summed E-state index contributed by atoms with van der Waals surface area (Å²) in [5.41, 5.74) is 1.68. The summed E-state index contributed by atoms with van der Waals surface area (Å²) in [6.07, 6.45) is 0.887. The van der Waals surface area contributed by atoms with Crippen molar-refractivity contribution in [3.8, 4) is 5.75 Å². The first-order chi connectivity index (χ1) is 22.0. The number of sulfonamides is 1. The van der Waals surface area contributed by atoms with E-state index in [2.05, 4.69) is 5.32 Å². The van der Waals surface area contributed by atoms with Crippen LogP contribution in [-0.4, -0.2) is 50.9 Å². The van der Waals surface area contributed by atoms with Crippen LogP contribution in [0.3, 0.4) is 0 Å². The van der Waals surface area contributed by atoms with Crippen LogP contribution in [0.1, 0.15) is 31.4 Å². The lowest BCUT2D eigenvalue weighted by molar-refractivity contribution is -0.140. The van der Waals surface area contributed by atoms with Gasteiger partial charge in [-0.15, -0.1) is 0 Å². The summed E-state index contributed by atoms with van der Waals surface area (Å²) in [5, 5.41) is 3.84. The molecule has 0 fully saturated rings. The summed E-state index contributed by atoms with van der Waals surface area (Å²) in [4.78, 5) is 29.8. The van der Waals surface area contributed by atoms with Gasteiger partial charge in [0.15, 0.2) is 0 Å². The molecule has 0 unspecified atom stereocenters. The second kappa shape index (κ2) is 16.0. The monoisotopic (exact) mass is 681 g/mol. The second-order valence-corrected chi connectivity index (χ2v) is 13.5. The zero-order valence-electron chi connectivity index (χ0n) is 25.9. The molecule has 11 heteroatoms. The molecule has 0 spiro atoms. The van der Waals surface area contributed by atoms with Crippen LogP contribution in [0.15, 0.2) is 108 Å². The number of carbonyl (C=O) groups is 2. The highest BCUT2D eigenvalue weighted by Crippen LogP contribution is 2.28. The van der Waals surface area contributed by atoms with Crippen LogP contribution in [0.2, 0.25) is 10.0 Å². The van der Waals surface area contributed by atoms with Crippen molar-refractivity contribution in [1.82, 2.24) is 10.2 Å². The minimum Gasteiger partial charge on any atom is -0.497 e. The van der Waals surface area contributed by atoms with Crippen molar-refractivity contribution in [3.63, 3.8) is 0 Å². The molecule has 0 bridgehead atoms. The molecule has 4 rings (SSSR count). The predicted molar refractivity (Wildman–Crippen MR) is 183 cm³/mol. The largest absolute Gasteiger partial charge is 0.497 e. The third-order valence-corrected chi connectivity index (χ3v) is 10.0. The van der Waals surface area contributed by atoms with Crippen molar-refractivity contribution in [2.75, 3.05) is 18.0 Å². The van der Waals surface area contributed by atoms with E-state index < -0.39 is 28.5 Å². The molecule has 8 nitrogen and oxygen atoms in total. The number of carbonyl (C=O) groups excluding carboxylic acids is 2. The van der Waals surface area contributed by atoms with Gasteiger partial charge in [-0.25, -0.2) is 8.42 Å². The first-order valence-corrected chi connectivity index (χ1v) is 17.0. The van der Waals surface area contributed by atoms with Gasteiger partial charge in [-0.3, -0.25) is 13.9 Å². The van der Waals surface area contributed by atoms with Crippen molar-refractivity contribution >= 4 is 50.7 Å². The second-order valence-electron chi connectivity index (χ2n) is 10.8. The zero-order valence-corrected chi connectivity index (χ0v) is 28.2. The lowest BCUT2D eigenvalue weighted by atomic mass is 10.0. The fourth-order valence-corrected chi connectivity index (χ4v) is 6.55. The molecule has 1 N–H and O–H groups in total. The average Bonchev–Trinajstić information content (AvgIpc) is 3.06. The van der Waals surface area contributed by atoms with E-state index in [-0.39, 0.29) is 35.5 Å². The quantitative estimate of drug-likeness (QED) is 0.159. The third-order valence-electron chi connectivity index (χ3n) is 7.61. The topological polar surface area (TPSA) is 96.0 Å². The van der Waals surface area contributed by atoms with Gasteiger partial charge < -0.3 is 15.0 Å². The molecule has 0 aliphatic carbocycles. The highest BCUT2D eigenvalue weighted by atomic mass is 35.5. The van der Waals surface area contributed by atoms with Gasteiger partial charge in [0, 0.05) is 29.1 Å². The highest BCUT2D eigenvalue weighted by molar-refractivity contribution is 7.92. The maximum atomic E-state index is 14.5. The zero-order chi connectivity index (χ0) is 33.3. The number of rotatable bonds is 14. The van der Waals surface area contributed by atoms with Crippen LogP contribution >= 0.6 is 23.2 Å². The van der Waals surface area contributed by atoms with E-state index in [1.807, 2.05) is 44.2 Å². The van der Waals surface area contributed by atoms with Crippen molar-refractivity contribution < 1.29 is 22.7 Å². The summed E-state index contributed by atoms with van der Waals surface area (Å²) in [5.74, 6) is -0.461. The Hall–Kier alpha value is -4.05. The van der Waals surface area contributed by atoms with Gasteiger partial charge in [0.05, 0.1) is 17.7 Å². The molecule has 0 aliphatic heterocycles. The smallest absolute Gasteiger partial charge is 0.264 e. The van der Waals surface area contributed by atoms with Crippen molar-refractivity contribution in [3.05, 3.63) is 124 Å². The highest BCUT2D eigenvalue weighted by Gasteiger charge is 2.35. The Kier molecular flexibility index (Phi) is 12.1. The van der Waals surface area contributed by atoms with E-state index in [0.717, 1.165) is 9.87 Å². The van der Waals surface area contributed by atoms with Crippen LogP contribution < -0.4 is 14.4 Å². The lowest BCUT2D eigenvalue weighted by Crippen LogP contribution is -2.54.